The average molecular weight is 328 g/mol. The second kappa shape index (κ2) is 5.81. The van der Waals surface area contributed by atoms with E-state index in [4.69, 9.17) is 9.47 Å². The first-order chi connectivity index (χ1) is 11.6. The Morgan fingerprint density at radius 1 is 1.29 bits per heavy atom. The molecule has 1 amide bonds. The standard InChI is InChI=1S/C17H20N4O3/c1-11-16(24-13-7-4-3-6-12(13)23-11)17(22)20(2)10-15-19-18-14-8-5-9-21(14)15/h3-4,6-7,11,16H,5,8-10H2,1-2H3/t11-,16+/m1/s1. The molecule has 0 aliphatic carbocycles. The zero-order chi connectivity index (χ0) is 16.7. The molecule has 0 saturated heterocycles. The third-order valence-electron chi connectivity index (χ3n) is 4.53. The number of likely N-dealkylation sites (N-methyl/N-ethyl adjacent to an activating group) is 1. The van der Waals surface area contributed by atoms with Crippen LogP contribution in [0.25, 0.3) is 0 Å². The van der Waals surface area contributed by atoms with Gasteiger partial charge in [0.1, 0.15) is 11.9 Å². The van der Waals surface area contributed by atoms with Crippen molar-refractivity contribution >= 4 is 5.91 Å². The Kier molecular flexibility index (Phi) is 3.63. The van der Waals surface area contributed by atoms with Crippen LogP contribution in [0.3, 0.4) is 0 Å². The van der Waals surface area contributed by atoms with Crippen LogP contribution in [-0.2, 0) is 24.3 Å². The van der Waals surface area contributed by atoms with Crippen LogP contribution in [0, 0.1) is 0 Å². The molecular formula is C17H20N4O3. The van der Waals surface area contributed by atoms with Gasteiger partial charge in [-0.25, -0.2) is 0 Å². The molecule has 2 aliphatic rings. The predicted octanol–water partition coefficient (Wildman–Crippen LogP) is 1.41. The van der Waals surface area contributed by atoms with Crippen LogP contribution in [0.5, 0.6) is 11.5 Å². The molecule has 1 aromatic carbocycles. The number of benzene rings is 1. The first kappa shape index (κ1) is 15.0. The Bertz CT molecular complexity index is 773. The fourth-order valence-electron chi connectivity index (χ4n) is 3.23. The fraction of sp³-hybridized carbons (Fsp3) is 0.471. The first-order valence-corrected chi connectivity index (χ1v) is 8.22. The molecular weight excluding hydrogens is 308 g/mol. The number of hydrogen-bond donors (Lipinski definition) is 0. The van der Waals surface area contributed by atoms with Crippen molar-refractivity contribution in [2.75, 3.05) is 7.05 Å². The van der Waals surface area contributed by atoms with Crippen molar-refractivity contribution in [3.63, 3.8) is 0 Å². The molecule has 0 N–H and O–H groups in total. The van der Waals surface area contributed by atoms with E-state index in [0.29, 0.717) is 18.0 Å². The zero-order valence-corrected chi connectivity index (χ0v) is 13.8. The van der Waals surface area contributed by atoms with Crippen LogP contribution in [0.1, 0.15) is 25.0 Å². The lowest BCUT2D eigenvalue weighted by atomic mass is 10.1. The van der Waals surface area contributed by atoms with Crippen LogP contribution in [-0.4, -0.2) is 44.8 Å². The topological polar surface area (TPSA) is 69.5 Å². The maximum atomic E-state index is 12.8. The van der Waals surface area contributed by atoms with E-state index in [0.717, 1.165) is 31.0 Å². The summed E-state index contributed by atoms with van der Waals surface area (Å²) in [6, 6.07) is 7.40. The lowest BCUT2D eigenvalue weighted by Gasteiger charge is -2.33. The molecule has 0 radical (unpaired) electrons. The quantitative estimate of drug-likeness (QED) is 0.852. The number of aryl methyl sites for hydroxylation is 1. The predicted molar refractivity (Wildman–Crippen MR) is 85.8 cm³/mol. The summed E-state index contributed by atoms with van der Waals surface area (Å²) in [7, 11) is 1.76. The summed E-state index contributed by atoms with van der Waals surface area (Å²) in [5.41, 5.74) is 0. The monoisotopic (exact) mass is 328 g/mol. The summed E-state index contributed by atoms with van der Waals surface area (Å²) in [4.78, 5) is 14.4. The number of aromatic nitrogens is 3. The van der Waals surface area contributed by atoms with E-state index in [-0.39, 0.29) is 12.0 Å². The van der Waals surface area contributed by atoms with Crippen LogP contribution < -0.4 is 9.47 Å². The molecule has 0 spiro atoms. The molecule has 0 bridgehead atoms. The summed E-state index contributed by atoms with van der Waals surface area (Å²) in [5, 5.41) is 8.39. The van der Waals surface area contributed by atoms with Gasteiger partial charge in [-0.2, -0.15) is 0 Å². The molecule has 2 aliphatic heterocycles. The van der Waals surface area contributed by atoms with Gasteiger partial charge in [-0.1, -0.05) is 12.1 Å². The minimum absolute atomic E-state index is 0.118. The third-order valence-corrected chi connectivity index (χ3v) is 4.53. The minimum Gasteiger partial charge on any atom is -0.482 e. The average Bonchev–Trinajstić information content (AvgIpc) is 3.18. The SMILES string of the molecule is C[C@H]1Oc2ccccc2O[C@@H]1C(=O)N(C)Cc1nnc2n1CCC2. The normalized spacial score (nSPS) is 21.4. The second-order valence-electron chi connectivity index (χ2n) is 6.29. The van der Waals surface area contributed by atoms with Crippen molar-refractivity contribution in [3.05, 3.63) is 35.9 Å². The highest BCUT2D eigenvalue weighted by molar-refractivity contribution is 5.82. The highest BCUT2D eigenvalue weighted by Crippen LogP contribution is 2.33. The molecule has 0 unspecified atom stereocenters. The van der Waals surface area contributed by atoms with Crippen molar-refractivity contribution in [2.24, 2.45) is 0 Å². The van der Waals surface area contributed by atoms with Gasteiger partial charge < -0.3 is 18.9 Å². The Labute approximate surface area is 140 Å². The second-order valence-corrected chi connectivity index (χ2v) is 6.29. The molecule has 0 fully saturated rings. The van der Waals surface area contributed by atoms with Gasteiger partial charge in [0.2, 0.25) is 6.10 Å². The summed E-state index contributed by atoms with van der Waals surface area (Å²) < 4.78 is 13.8. The van der Waals surface area contributed by atoms with Crippen molar-refractivity contribution in [2.45, 2.75) is 45.1 Å². The largest absolute Gasteiger partial charge is 0.482 e. The van der Waals surface area contributed by atoms with Gasteiger partial charge >= 0.3 is 0 Å². The Balaban J connectivity index is 1.49. The number of para-hydroxylation sites is 2. The van der Waals surface area contributed by atoms with Crippen molar-refractivity contribution in [3.8, 4) is 11.5 Å². The molecule has 24 heavy (non-hydrogen) atoms. The van der Waals surface area contributed by atoms with Crippen molar-refractivity contribution in [1.29, 1.82) is 0 Å². The molecule has 126 valence electrons. The molecule has 7 nitrogen and oxygen atoms in total. The molecule has 2 atom stereocenters. The van der Waals surface area contributed by atoms with E-state index < -0.39 is 6.10 Å². The number of rotatable bonds is 3. The van der Waals surface area contributed by atoms with Gasteiger partial charge in [-0.05, 0) is 25.5 Å². The Hall–Kier alpha value is -2.57. The van der Waals surface area contributed by atoms with Crippen LogP contribution in [0.2, 0.25) is 0 Å². The molecule has 3 heterocycles. The molecule has 0 saturated carbocycles. The van der Waals surface area contributed by atoms with Gasteiger partial charge in [-0.15, -0.1) is 10.2 Å². The number of ether oxygens (including phenoxy) is 2. The number of amides is 1. The third kappa shape index (κ3) is 2.50. The number of fused-ring (bicyclic) bond motifs is 2. The first-order valence-electron chi connectivity index (χ1n) is 8.22. The maximum Gasteiger partial charge on any atom is 0.267 e. The summed E-state index contributed by atoms with van der Waals surface area (Å²) in [6.45, 7) is 3.19. The van der Waals surface area contributed by atoms with Crippen molar-refractivity contribution in [1.82, 2.24) is 19.7 Å². The molecule has 7 heteroatoms. The fourth-order valence-corrected chi connectivity index (χ4v) is 3.23. The molecule has 4 rings (SSSR count). The summed E-state index contributed by atoms with van der Waals surface area (Å²) in [5.74, 6) is 2.98. The van der Waals surface area contributed by atoms with Gasteiger partial charge in [0.15, 0.2) is 17.3 Å². The van der Waals surface area contributed by atoms with Crippen molar-refractivity contribution < 1.29 is 14.3 Å². The number of carbonyl (C=O) groups is 1. The number of carbonyl (C=O) groups excluding carboxylic acids is 1. The van der Waals surface area contributed by atoms with Crippen LogP contribution in [0.15, 0.2) is 24.3 Å². The van der Waals surface area contributed by atoms with E-state index >= 15 is 0 Å². The number of nitrogens with zero attached hydrogens (tertiary/aromatic N) is 4. The van der Waals surface area contributed by atoms with E-state index in [2.05, 4.69) is 14.8 Å². The molecule has 1 aromatic heterocycles. The van der Waals surface area contributed by atoms with E-state index in [9.17, 15) is 4.79 Å². The minimum atomic E-state index is -0.661. The number of hydrogen-bond acceptors (Lipinski definition) is 5. The van der Waals surface area contributed by atoms with E-state index in [1.807, 2.05) is 31.2 Å². The highest BCUT2D eigenvalue weighted by Gasteiger charge is 2.36. The molecule has 2 aromatic rings. The highest BCUT2D eigenvalue weighted by atomic mass is 16.6. The lowest BCUT2D eigenvalue weighted by Crippen LogP contribution is -2.49. The van der Waals surface area contributed by atoms with Gasteiger partial charge in [0.05, 0.1) is 6.54 Å². The van der Waals surface area contributed by atoms with E-state index in [1.54, 1.807) is 11.9 Å². The van der Waals surface area contributed by atoms with E-state index in [1.165, 1.54) is 0 Å². The van der Waals surface area contributed by atoms with Gasteiger partial charge in [0, 0.05) is 20.0 Å². The van der Waals surface area contributed by atoms with Gasteiger partial charge in [0.25, 0.3) is 5.91 Å². The summed E-state index contributed by atoms with van der Waals surface area (Å²) >= 11 is 0. The maximum absolute atomic E-state index is 12.8. The zero-order valence-electron chi connectivity index (χ0n) is 13.8. The Morgan fingerprint density at radius 3 is 2.83 bits per heavy atom. The smallest absolute Gasteiger partial charge is 0.267 e. The van der Waals surface area contributed by atoms with Crippen LogP contribution in [0.4, 0.5) is 0 Å². The van der Waals surface area contributed by atoms with Gasteiger partial charge in [-0.3, -0.25) is 4.79 Å². The lowest BCUT2D eigenvalue weighted by molar-refractivity contribution is -0.143. The summed E-state index contributed by atoms with van der Waals surface area (Å²) in [6.07, 6.45) is 1.03. The van der Waals surface area contributed by atoms with Crippen LogP contribution >= 0.6 is 0 Å². The Morgan fingerprint density at radius 2 is 2.04 bits per heavy atom.